The third-order valence-electron chi connectivity index (χ3n) is 9.06. The van der Waals surface area contributed by atoms with Gasteiger partial charge in [0.1, 0.15) is 29.5 Å². The molecule has 3 aromatic carbocycles. The Morgan fingerprint density at radius 3 is 1.37 bits per heavy atom. The molecule has 3 N–H and O–H groups in total. The quantitative estimate of drug-likeness (QED) is 0.130. The van der Waals surface area contributed by atoms with Gasteiger partial charge in [0.2, 0.25) is 0 Å². The molecule has 0 radical (unpaired) electrons. The largest absolute Gasteiger partial charge is 0.507 e. The second-order valence-corrected chi connectivity index (χ2v) is 18.2. The van der Waals surface area contributed by atoms with Gasteiger partial charge < -0.3 is 25.0 Å². The Balaban J connectivity index is 0.000000213. The molecule has 62 heavy (non-hydrogen) atoms. The van der Waals surface area contributed by atoms with E-state index in [4.69, 9.17) is 23.9 Å². The number of nitrogens with zero attached hydrogens (tertiary/aromatic N) is 3. The van der Waals surface area contributed by atoms with Crippen molar-refractivity contribution in [1.82, 2.24) is 19.3 Å². The molecule has 11 nitrogen and oxygen atoms in total. The number of rotatable bonds is 6. The van der Waals surface area contributed by atoms with Crippen LogP contribution < -0.4 is 14.8 Å². The minimum atomic E-state index is -4.47. The number of phenolic OH excluding ortho intramolecular Hbond substituents is 1. The summed E-state index contributed by atoms with van der Waals surface area (Å²) in [6.45, 7) is 6.25. The van der Waals surface area contributed by atoms with E-state index < -0.39 is 51.1 Å². The summed E-state index contributed by atoms with van der Waals surface area (Å²) in [5.74, 6) is -0.894. The summed E-state index contributed by atoms with van der Waals surface area (Å²) in [6.07, 6.45) is -9.45. The van der Waals surface area contributed by atoms with Crippen LogP contribution in [0.15, 0.2) is 72.8 Å². The Labute approximate surface area is 362 Å². The normalized spacial score (nSPS) is 22.2. The fourth-order valence-corrected chi connectivity index (χ4v) is 7.92. The molecule has 7 rings (SSSR count). The zero-order chi connectivity index (χ0) is 46.3. The van der Waals surface area contributed by atoms with Crippen LogP contribution in [-0.2, 0) is 32.8 Å². The summed E-state index contributed by atoms with van der Waals surface area (Å²) in [4.78, 5) is 0. The van der Waals surface area contributed by atoms with Gasteiger partial charge in [-0.2, -0.15) is 47.9 Å². The minimum absolute atomic E-state index is 0.0718. The number of alkyl halides is 9. The Morgan fingerprint density at radius 1 is 0.613 bits per heavy atom. The van der Waals surface area contributed by atoms with Crippen molar-refractivity contribution < 1.29 is 71.8 Å². The van der Waals surface area contributed by atoms with E-state index in [2.05, 4.69) is 33.5 Å². The highest BCUT2D eigenvalue weighted by Gasteiger charge is 2.36. The van der Waals surface area contributed by atoms with E-state index in [0.717, 1.165) is 88.9 Å². The number of para-hydroxylation sites is 3. The molecule has 350 valence electrons. The average molecular weight is 973 g/mol. The zero-order valence-electron chi connectivity index (χ0n) is 33.5. The van der Waals surface area contributed by atoms with Gasteiger partial charge in [-0.1, -0.05) is 64.6 Å². The van der Waals surface area contributed by atoms with Crippen LogP contribution in [0.2, 0.25) is 0 Å². The molecule has 3 aromatic rings. The predicted molar refractivity (Wildman–Crippen MR) is 226 cm³/mol. The molecule has 4 unspecified atom stereocenters. The van der Waals surface area contributed by atoms with E-state index in [1.54, 1.807) is 12.1 Å². The molecule has 0 amide bonds. The number of nitrogens with one attached hydrogen (secondary N) is 1. The molecule has 0 spiro atoms. The first-order valence-electron chi connectivity index (χ1n) is 19.1. The van der Waals surface area contributed by atoms with Crippen LogP contribution in [0.1, 0.15) is 42.4 Å². The number of benzene rings is 3. The third kappa shape index (κ3) is 20.1. The number of aromatic hydroxyl groups is 1. The van der Waals surface area contributed by atoms with Crippen LogP contribution in [0.4, 0.5) is 39.5 Å². The number of aliphatic hydroxyl groups is 1. The Hall–Kier alpha value is -2.57. The Kier molecular flexibility index (Phi) is 21.4. The van der Waals surface area contributed by atoms with Crippen LogP contribution in [0.25, 0.3) is 0 Å². The van der Waals surface area contributed by atoms with Gasteiger partial charge in [-0.3, -0.25) is 18.2 Å². The number of aliphatic hydroxyl groups excluding tert-OH is 1. The molecule has 4 saturated heterocycles. The number of hydrogen-bond donors (Lipinski definition) is 3. The molecule has 4 heterocycles. The Bertz CT molecular complexity index is 1910. The van der Waals surface area contributed by atoms with Crippen molar-refractivity contribution in [3.8, 4) is 17.2 Å². The monoisotopic (exact) mass is 972 g/mol. The summed E-state index contributed by atoms with van der Waals surface area (Å²) >= 11 is 0. The van der Waals surface area contributed by atoms with Crippen LogP contribution in [0.3, 0.4) is 0 Å². The molecule has 4 aliphatic heterocycles. The summed E-state index contributed by atoms with van der Waals surface area (Å²) in [7, 11) is 4.36. The lowest BCUT2D eigenvalue weighted by Gasteiger charge is -2.17. The van der Waals surface area contributed by atoms with Crippen molar-refractivity contribution in [2.24, 2.45) is 0 Å². The van der Waals surface area contributed by atoms with Crippen molar-refractivity contribution in [2.45, 2.75) is 68.6 Å². The van der Waals surface area contributed by atoms with Crippen molar-refractivity contribution >= 4 is 38.3 Å². The summed E-state index contributed by atoms with van der Waals surface area (Å²) in [6, 6.07) is 15.0. The van der Waals surface area contributed by atoms with E-state index >= 15 is 0 Å². The predicted octanol–water partition coefficient (Wildman–Crippen LogP) is 7.48. The SMILES string of the molecule is CS(=O)(=O)OC1CCN(P)C1.FC(F)(F)c1ccccc1O[C@H]1CCN(P)C1.FC(F)(F)c1ccccc1O[C@H]1CCNC1.O[C@@H]1CCN(P)C1.Oc1ccccc1C(F)(F)F. The molecule has 0 saturated carbocycles. The zero-order valence-corrected chi connectivity index (χ0v) is 37.8. The highest BCUT2D eigenvalue weighted by atomic mass is 32.2. The highest BCUT2D eigenvalue weighted by Crippen LogP contribution is 2.38. The maximum absolute atomic E-state index is 12.7. The van der Waals surface area contributed by atoms with Crippen LogP contribution in [0.5, 0.6) is 17.2 Å². The van der Waals surface area contributed by atoms with Crippen LogP contribution >= 0.6 is 28.2 Å². The smallest absolute Gasteiger partial charge is 0.419 e. The van der Waals surface area contributed by atoms with Gasteiger partial charge in [-0.25, -0.2) is 0 Å². The maximum Gasteiger partial charge on any atom is 0.419 e. The number of hydrogen-bond acceptors (Lipinski definition) is 11. The summed E-state index contributed by atoms with van der Waals surface area (Å²) in [5.41, 5.74) is -2.41. The average Bonchev–Trinajstić information content (AvgIpc) is 3.99. The molecule has 4 fully saturated rings. The first-order valence-corrected chi connectivity index (χ1v) is 22.4. The molecule has 24 heteroatoms. The van der Waals surface area contributed by atoms with Gasteiger partial charge in [-0.05, 0) is 68.6 Å². The molecular formula is C38H52F9N4O7P3S. The lowest BCUT2D eigenvalue weighted by Crippen LogP contribution is -2.21. The van der Waals surface area contributed by atoms with E-state index in [9.17, 15) is 47.9 Å². The van der Waals surface area contributed by atoms with Gasteiger partial charge in [0.05, 0.1) is 35.2 Å². The topological polar surface area (TPSA) is 124 Å². The van der Waals surface area contributed by atoms with Gasteiger partial charge in [0.15, 0.2) is 0 Å². The van der Waals surface area contributed by atoms with Gasteiger partial charge in [-0.15, -0.1) is 0 Å². The molecule has 0 aliphatic carbocycles. The van der Waals surface area contributed by atoms with Crippen LogP contribution in [-0.4, -0.2) is 116 Å². The van der Waals surface area contributed by atoms with E-state index in [0.29, 0.717) is 19.6 Å². The molecule has 0 aromatic heterocycles. The number of phenols is 1. The standard InChI is InChI=1S/C11H13F3NOP.C11H12F3NO.C7H5F3O.C5H12NO3PS.C4H10NOP/c12-11(13,14)9-3-1-2-4-10(9)16-8-5-6-15(17)7-8;12-11(13,14)9-3-1-2-4-10(9)16-8-5-6-15-7-8;8-7(9,10)5-3-1-2-4-6(5)11;1-11(7,8)9-5-2-3-6(10)4-5;6-4-1-2-5(7)3-4/h1-4,8H,5-7,17H2;1-4,8,15H,5-7H2;1-4,11H;5H,2-4,10H2,1H3;4,6H,1-3,7H2/t2*8-;;;4-/m00..1/s1. The van der Waals surface area contributed by atoms with Gasteiger partial charge >= 0.3 is 18.5 Å². The number of halogens is 9. The first kappa shape index (κ1) is 53.8. The number of ether oxygens (including phenoxy) is 2. The summed E-state index contributed by atoms with van der Waals surface area (Å²) in [5, 5.41) is 20.6. The van der Waals surface area contributed by atoms with E-state index in [1.165, 1.54) is 36.4 Å². The fourth-order valence-electron chi connectivity index (χ4n) is 6.11. The van der Waals surface area contributed by atoms with Crippen molar-refractivity contribution in [3.63, 3.8) is 0 Å². The lowest BCUT2D eigenvalue weighted by molar-refractivity contribution is -0.140. The highest BCUT2D eigenvalue weighted by molar-refractivity contribution is 7.86. The van der Waals surface area contributed by atoms with E-state index in [1.807, 2.05) is 14.0 Å². The second-order valence-electron chi connectivity index (χ2n) is 14.4. The molecule has 0 bridgehead atoms. The van der Waals surface area contributed by atoms with Crippen LogP contribution in [0, 0.1) is 0 Å². The number of β-amino-alcohol motifs (C(OH)–C–C–N with tert-alkyl or cyclic N) is 1. The minimum Gasteiger partial charge on any atom is -0.507 e. The second kappa shape index (κ2) is 24.6. The summed E-state index contributed by atoms with van der Waals surface area (Å²) < 4.78 is 154. The molecular weight excluding hydrogens is 920 g/mol. The van der Waals surface area contributed by atoms with Crippen molar-refractivity contribution in [3.05, 3.63) is 89.5 Å². The molecule has 7 atom stereocenters. The molecule has 4 aliphatic rings. The lowest BCUT2D eigenvalue weighted by atomic mass is 10.2. The van der Waals surface area contributed by atoms with E-state index in [-0.39, 0.29) is 35.9 Å². The Morgan fingerprint density at radius 2 is 1.03 bits per heavy atom. The first-order chi connectivity index (χ1) is 28.8. The van der Waals surface area contributed by atoms with Gasteiger partial charge in [0, 0.05) is 45.8 Å². The third-order valence-corrected chi connectivity index (χ3v) is 11.1. The maximum atomic E-state index is 12.7. The van der Waals surface area contributed by atoms with Crippen molar-refractivity contribution in [2.75, 3.05) is 58.6 Å². The fraction of sp³-hybridized carbons (Fsp3) is 0.526. The van der Waals surface area contributed by atoms with Crippen molar-refractivity contribution in [1.29, 1.82) is 0 Å². The van der Waals surface area contributed by atoms with Gasteiger partial charge in [0.25, 0.3) is 10.1 Å².